The van der Waals surface area contributed by atoms with E-state index in [4.69, 9.17) is 4.42 Å². The van der Waals surface area contributed by atoms with E-state index in [9.17, 15) is 15.2 Å². The zero-order chi connectivity index (χ0) is 18.7. The summed E-state index contributed by atoms with van der Waals surface area (Å²) in [6.45, 7) is 3.18. The van der Waals surface area contributed by atoms with Gasteiger partial charge >= 0.3 is 0 Å². The molecule has 0 fully saturated rings. The highest BCUT2D eigenvalue weighted by molar-refractivity contribution is 7.98. The molecule has 1 rings (SSSR count). The highest BCUT2D eigenvalue weighted by Gasteiger charge is 2.09. The normalized spacial score (nSPS) is 12.6. The van der Waals surface area contributed by atoms with Gasteiger partial charge in [0.05, 0.1) is 29.9 Å². The molecule has 0 amide bonds. The Labute approximate surface area is 164 Å². The Hall–Kier alpha value is -1.42. The Morgan fingerprint density at radius 2 is 2.15 bits per heavy atom. The minimum absolute atomic E-state index is 0. The van der Waals surface area contributed by atoms with E-state index in [1.807, 2.05) is 38.1 Å². The van der Waals surface area contributed by atoms with E-state index in [-0.39, 0.29) is 25.1 Å². The van der Waals surface area contributed by atoms with Gasteiger partial charge in [0.2, 0.25) is 0 Å². The molecule has 0 aromatic carbocycles. The molecule has 1 aromatic heterocycles. The lowest BCUT2D eigenvalue weighted by Crippen LogP contribution is -2.38. The molecule has 1 unspecified atom stereocenters. The number of rotatable bonds is 13. The summed E-state index contributed by atoms with van der Waals surface area (Å²) in [5, 5.41) is 25.8. The van der Waals surface area contributed by atoms with Gasteiger partial charge in [0.25, 0.3) is 6.20 Å². The summed E-state index contributed by atoms with van der Waals surface area (Å²) >= 11 is 1.69. The minimum Gasteiger partial charge on any atom is -0.464 e. The maximum Gasteiger partial charge on any atom is 0.274 e. The average molecular weight is 409 g/mol. The van der Waals surface area contributed by atoms with E-state index >= 15 is 0 Å². The molecule has 0 radical (unpaired) electrons. The van der Waals surface area contributed by atoms with Gasteiger partial charge in [-0.25, -0.2) is 0 Å². The van der Waals surface area contributed by atoms with Gasteiger partial charge in [0, 0.05) is 12.3 Å². The van der Waals surface area contributed by atoms with Crippen LogP contribution >= 0.6 is 24.2 Å². The zero-order valence-corrected chi connectivity index (χ0v) is 17.1. The lowest BCUT2D eigenvalue weighted by atomic mass is 10.2. The number of hydrogen-bond acceptors (Lipinski definition) is 8. The number of thioether (sulfide) groups is 1. The highest BCUT2D eigenvalue weighted by atomic mass is 35.5. The molecule has 1 atom stereocenters. The number of furan rings is 1. The van der Waals surface area contributed by atoms with Crippen molar-refractivity contribution in [2.24, 2.45) is 0 Å². The van der Waals surface area contributed by atoms with Gasteiger partial charge in [-0.2, -0.15) is 11.8 Å². The van der Waals surface area contributed by atoms with Gasteiger partial charge in [-0.3, -0.25) is 10.1 Å². The lowest BCUT2D eigenvalue weighted by Gasteiger charge is -2.17. The molecule has 0 bridgehead atoms. The molecule has 0 aliphatic heterocycles. The van der Waals surface area contributed by atoms with Gasteiger partial charge in [0.15, 0.2) is 5.82 Å². The summed E-state index contributed by atoms with van der Waals surface area (Å²) in [5.74, 6) is 3.71. The topological polar surface area (TPSA) is 104 Å². The summed E-state index contributed by atoms with van der Waals surface area (Å²) in [7, 11) is 3.99. The van der Waals surface area contributed by atoms with Crippen LogP contribution in [0.5, 0.6) is 0 Å². The highest BCUT2D eigenvalue weighted by Crippen LogP contribution is 2.16. The molecule has 10 heteroatoms. The Kier molecular flexibility index (Phi) is 13.0. The van der Waals surface area contributed by atoms with Crippen molar-refractivity contribution in [1.82, 2.24) is 15.5 Å². The molecule has 0 saturated carbocycles. The fourth-order valence-corrected chi connectivity index (χ4v) is 2.81. The van der Waals surface area contributed by atoms with Crippen molar-refractivity contribution in [3.05, 3.63) is 45.8 Å². The van der Waals surface area contributed by atoms with Gasteiger partial charge in [-0.15, -0.1) is 12.4 Å². The first-order valence-electron chi connectivity index (χ1n) is 8.21. The van der Waals surface area contributed by atoms with E-state index < -0.39 is 4.92 Å². The third-order valence-corrected chi connectivity index (χ3v) is 4.28. The van der Waals surface area contributed by atoms with Gasteiger partial charge < -0.3 is 25.1 Å². The van der Waals surface area contributed by atoms with Crippen LogP contribution in [0.3, 0.4) is 0 Å². The van der Waals surface area contributed by atoms with Crippen LogP contribution in [-0.2, 0) is 12.3 Å². The summed E-state index contributed by atoms with van der Waals surface area (Å²) in [6.07, 6.45) is 1.57. The summed E-state index contributed by atoms with van der Waals surface area (Å²) in [6, 6.07) is 3.76. The molecule has 0 spiro atoms. The van der Waals surface area contributed by atoms with Crippen LogP contribution in [-0.4, -0.2) is 54.0 Å². The van der Waals surface area contributed by atoms with Crippen LogP contribution in [0.4, 0.5) is 0 Å². The quantitative estimate of drug-likeness (QED) is 0.259. The molecule has 3 N–H and O–H groups in total. The third kappa shape index (κ3) is 10.5. The zero-order valence-electron chi connectivity index (χ0n) is 15.4. The van der Waals surface area contributed by atoms with E-state index in [1.165, 1.54) is 0 Å². The summed E-state index contributed by atoms with van der Waals surface area (Å²) in [4.78, 5) is 12.2. The molecule has 26 heavy (non-hydrogen) atoms. The molecular formula is C16H29ClN4O4S. The number of halogens is 1. The monoisotopic (exact) mass is 408 g/mol. The lowest BCUT2D eigenvalue weighted by molar-refractivity contribution is -0.404. The van der Waals surface area contributed by atoms with Gasteiger partial charge in [-0.1, -0.05) is 6.92 Å². The molecule has 150 valence electrons. The summed E-state index contributed by atoms with van der Waals surface area (Å²) in [5.41, 5.74) is 0. The second-order valence-electron chi connectivity index (χ2n) is 5.85. The molecule has 1 heterocycles. The van der Waals surface area contributed by atoms with Crippen LogP contribution in [0.2, 0.25) is 0 Å². The minimum atomic E-state index is -0.512. The molecule has 0 aliphatic rings. The number of aliphatic hydroxyl groups excluding tert-OH is 1. The van der Waals surface area contributed by atoms with Crippen molar-refractivity contribution in [2.45, 2.75) is 31.7 Å². The summed E-state index contributed by atoms with van der Waals surface area (Å²) < 4.78 is 5.73. The van der Waals surface area contributed by atoms with Crippen molar-refractivity contribution in [3.63, 3.8) is 0 Å². The van der Waals surface area contributed by atoms with Crippen LogP contribution in [0.1, 0.15) is 24.9 Å². The number of nitrogens with one attached hydrogen (secondary N) is 2. The van der Waals surface area contributed by atoms with E-state index in [0.717, 1.165) is 35.8 Å². The molecule has 0 saturated heterocycles. The van der Waals surface area contributed by atoms with Crippen molar-refractivity contribution in [2.75, 3.05) is 33.0 Å². The maximum atomic E-state index is 10.7. The second-order valence-corrected chi connectivity index (χ2v) is 6.95. The molecule has 1 aromatic rings. The predicted octanol–water partition coefficient (Wildman–Crippen LogP) is 2.02. The van der Waals surface area contributed by atoms with Gasteiger partial charge in [-0.05, 0) is 32.6 Å². The van der Waals surface area contributed by atoms with Crippen LogP contribution in [0, 0.1) is 10.1 Å². The van der Waals surface area contributed by atoms with Crippen molar-refractivity contribution in [1.29, 1.82) is 0 Å². The average Bonchev–Trinajstić information content (AvgIpc) is 2.97. The number of nitrogens with zero attached hydrogens (tertiary/aromatic N) is 2. The van der Waals surface area contributed by atoms with Crippen molar-refractivity contribution in [3.8, 4) is 0 Å². The Bertz CT molecular complexity index is 550. The predicted molar refractivity (Wildman–Crippen MR) is 107 cm³/mol. The Morgan fingerprint density at radius 3 is 2.73 bits per heavy atom. The van der Waals surface area contributed by atoms with E-state index in [2.05, 4.69) is 10.6 Å². The van der Waals surface area contributed by atoms with Crippen molar-refractivity contribution >= 4 is 24.2 Å². The fourth-order valence-electron chi connectivity index (χ4n) is 2.06. The molecular weight excluding hydrogens is 380 g/mol. The first-order chi connectivity index (χ1) is 11.9. The van der Waals surface area contributed by atoms with Crippen LogP contribution in [0.25, 0.3) is 0 Å². The van der Waals surface area contributed by atoms with Crippen LogP contribution < -0.4 is 10.6 Å². The number of hydrogen-bond donors (Lipinski definition) is 3. The first kappa shape index (κ1) is 24.6. The van der Waals surface area contributed by atoms with Crippen molar-refractivity contribution < 1.29 is 14.4 Å². The van der Waals surface area contributed by atoms with Gasteiger partial charge in [0.1, 0.15) is 11.5 Å². The standard InChI is InChI=1S/C16H28N4O4S.ClH/c1-4-13(11-21)18-16(10-20(22)23)17-7-8-25-12-15-6-5-14(24-15)9-19(2)3;/h5-6,10,13,17-18,21H,4,7-9,11-12H2,1-3H3;1H/b16-10-;. The Morgan fingerprint density at radius 1 is 1.46 bits per heavy atom. The first-order valence-corrected chi connectivity index (χ1v) is 9.36. The number of aliphatic hydroxyl groups is 1. The maximum absolute atomic E-state index is 10.7. The second kappa shape index (κ2) is 13.7. The largest absolute Gasteiger partial charge is 0.464 e. The SMILES string of the molecule is CCC(CO)N/C(=C\[N+](=O)[O-])NCCSCc1ccc(CN(C)C)o1.Cl. The number of nitro groups is 1. The fraction of sp³-hybridized carbons (Fsp3) is 0.625. The van der Waals surface area contributed by atoms with E-state index in [0.29, 0.717) is 18.8 Å². The smallest absolute Gasteiger partial charge is 0.274 e. The molecule has 8 nitrogen and oxygen atoms in total. The van der Waals surface area contributed by atoms with E-state index in [1.54, 1.807) is 11.8 Å². The Balaban J connectivity index is 0.00000625. The van der Waals surface area contributed by atoms with Crippen LogP contribution in [0.15, 0.2) is 28.6 Å². The third-order valence-electron chi connectivity index (χ3n) is 3.30. The molecule has 0 aliphatic carbocycles.